The van der Waals surface area contributed by atoms with Gasteiger partial charge in [-0.1, -0.05) is 84.9 Å². The number of nitrogens with one attached hydrogen (secondary N) is 1. The molecule has 34 heavy (non-hydrogen) atoms. The summed E-state index contributed by atoms with van der Waals surface area (Å²) in [6.07, 6.45) is 2.23. The molecule has 1 aliphatic rings. The number of amides is 1. The van der Waals surface area contributed by atoms with Gasteiger partial charge >= 0.3 is 12.1 Å². The number of methoxy groups -OCH3 is 1. The molecule has 0 radical (unpaired) electrons. The Morgan fingerprint density at radius 2 is 1.53 bits per heavy atom. The van der Waals surface area contributed by atoms with Crippen LogP contribution in [0.3, 0.4) is 0 Å². The van der Waals surface area contributed by atoms with Crippen LogP contribution in [0, 0.1) is 0 Å². The highest BCUT2D eigenvalue weighted by Crippen LogP contribution is 2.44. The van der Waals surface area contributed by atoms with Crippen LogP contribution in [0.25, 0.3) is 11.1 Å². The van der Waals surface area contributed by atoms with Crippen molar-refractivity contribution < 1.29 is 23.8 Å². The van der Waals surface area contributed by atoms with E-state index in [0.29, 0.717) is 6.61 Å². The van der Waals surface area contributed by atoms with Crippen LogP contribution >= 0.6 is 0 Å². The first-order valence-corrected chi connectivity index (χ1v) is 11.1. The Balaban J connectivity index is 1.37. The predicted molar refractivity (Wildman–Crippen MR) is 129 cm³/mol. The van der Waals surface area contributed by atoms with Crippen molar-refractivity contribution in [1.29, 1.82) is 0 Å². The number of benzene rings is 3. The van der Waals surface area contributed by atoms with Gasteiger partial charge in [-0.3, -0.25) is 0 Å². The predicted octanol–water partition coefficient (Wildman–Crippen LogP) is 4.84. The first kappa shape index (κ1) is 23.3. The summed E-state index contributed by atoms with van der Waals surface area (Å²) in [5.41, 5.74) is 5.63. The van der Waals surface area contributed by atoms with E-state index < -0.39 is 18.1 Å². The number of fused-ring (bicyclic) bond motifs is 3. The van der Waals surface area contributed by atoms with Crippen molar-refractivity contribution >= 4 is 12.1 Å². The zero-order chi connectivity index (χ0) is 23.8. The molecule has 0 spiro atoms. The van der Waals surface area contributed by atoms with Crippen molar-refractivity contribution in [3.8, 4) is 11.1 Å². The van der Waals surface area contributed by atoms with E-state index in [1.807, 2.05) is 54.6 Å². The smallest absolute Gasteiger partial charge is 0.407 e. The number of esters is 1. The van der Waals surface area contributed by atoms with E-state index in [1.54, 1.807) is 0 Å². The molecule has 6 nitrogen and oxygen atoms in total. The van der Waals surface area contributed by atoms with Gasteiger partial charge in [0, 0.05) is 12.0 Å². The van der Waals surface area contributed by atoms with Gasteiger partial charge in [-0.15, -0.1) is 0 Å². The minimum absolute atomic E-state index is 0.0310. The summed E-state index contributed by atoms with van der Waals surface area (Å²) in [4.78, 5) is 24.2. The van der Waals surface area contributed by atoms with E-state index in [0.717, 1.165) is 16.7 Å². The zero-order valence-electron chi connectivity index (χ0n) is 19.0. The molecule has 1 aliphatic carbocycles. The minimum atomic E-state index is -0.579. The Hall–Kier alpha value is -3.90. The molecule has 0 aromatic heterocycles. The molecule has 0 saturated heterocycles. The number of hydrogen-bond donors (Lipinski definition) is 1. The average molecular weight is 458 g/mol. The molecule has 0 aliphatic heterocycles. The highest BCUT2D eigenvalue weighted by Gasteiger charge is 2.29. The van der Waals surface area contributed by atoms with Gasteiger partial charge < -0.3 is 19.5 Å². The highest BCUT2D eigenvalue weighted by molar-refractivity contribution is 5.82. The molecule has 1 atom stereocenters. The summed E-state index contributed by atoms with van der Waals surface area (Å²) in [5.74, 6) is -0.543. The van der Waals surface area contributed by atoms with Crippen LogP contribution in [-0.2, 0) is 25.6 Å². The molecule has 0 unspecified atom stereocenters. The third-order valence-electron chi connectivity index (χ3n) is 5.72. The first-order chi connectivity index (χ1) is 16.7. The Morgan fingerprint density at radius 3 is 2.18 bits per heavy atom. The molecule has 6 heteroatoms. The Morgan fingerprint density at radius 1 is 0.912 bits per heavy atom. The maximum Gasteiger partial charge on any atom is 0.407 e. The Labute approximate surface area is 199 Å². The summed E-state index contributed by atoms with van der Waals surface area (Å²) < 4.78 is 16.0. The highest BCUT2D eigenvalue weighted by atomic mass is 16.5. The van der Waals surface area contributed by atoms with E-state index >= 15 is 0 Å². The normalized spacial score (nSPS) is 13.2. The van der Waals surface area contributed by atoms with Crippen LogP contribution in [0.1, 0.15) is 22.6 Å². The SMILES string of the molecule is COC(=O)/C=C/[C@@H](COCc1ccccc1)NC(=O)OCC1c2ccccc2-c2ccccc21. The van der Waals surface area contributed by atoms with E-state index in [1.165, 1.54) is 30.4 Å². The molecule has 4 rings (SSSR count). The number of alkyl carbamates (subject to hydrolysis) is 1. The monoisotopic (exact) mass is 457 g/mol. The maximum atomic E-state index is 12.6. The third-order valence-corrected chi connectivity index (χ3v) is 5.72. The van der Waals surface area contributed by atoms with E-state index in [9.17, 15) is 9.59 Å². The lowest BCUT2D eigenvalue weighted by atomic mass is 9.98. The first-order valence-electron chi connectivity index (χ1n) is 11.1. The van der Waals surface area contributed by atoms with E-state index in [4.69, 9.17) is 9.47 Å². The van der Waals surface area contributed by atoms with Crippen molar-refractivity contribution in [2.45, 2.75) is 18.6 Å². The molecular weight excluding hydrogens is 430 g/mol. The number of ether oxygens (including phenoxy) is 3. The van der Waals surface area contributed by atoms with Gasteiger partial charge in [0.25, 0.3) is 0 Å². The maximum absolute atomic E-state index is 12.6. The van der Waals surface area contributed by atoms with Gasteiger partial charge in [0.2, 0.25) is 0 Å². The molecule has 1 amide bonds. The van der Waals surface area contributed by atoms with E-state index in [2.05, 4.69) is 34.3 Å². The fourth-order valence-electron chi connectivity index (χ4n) is 4.08. The second kappa shape index (κ2) is 11.3. The van der Waals surface area contributed by atoms with Crippen LogP contribution in [-0.4, -0.2) is 38.4 Å². The van der Waals surface area contributed by atoms with Crippen molar-refractivity contribution in [1.82, 2.24) is 5.32 Å². The molecule has 1 N–H and O–H groups in total. The second-order valence-electron chi connectivity index (χ2n) is 7.96. The summed E-state index contributed by atoms with van der Waals surface area (Å²) in [7, 11) is 1.30. The van der Waals surface area contributed by atoms with Gasteiger partial charge in [0.05, 0.1) is 26.4 Å². The third kappa shape index (κ3) is 5.71. The van der Waals surface area contributed by atoms with Crippen LogP contribution < -0.4 is 5.32 Å². The van der Waals surface area contributed by atoms with Crippen LogP contribution in [0.2, 0.25) is 0 Å². The quantitative estimate of drug-likeness (QED) is 0.368. The second-order valence-corrected chi connectivity index (χ2v) is 7.96. The van der Waals surface area contributed by atoms with Gasteiger partial charge in [-0.25, -0.2) is 9.59 Å². The zero-order valence-corrected chi connectivity index (χ0v) is 19.0. The number of hydrogen-bond acceptors (Lipinski definition) is 5. The Bertz CT molecular complexity index is 1110. The van der Waals surface area contributed by atoms with Crippen LogP contribution in [0.15, 0.2) is 91.0 Å². The van der Waals surface area contributed by atoms with Crippen molar-refractivity contribution in [3.63, 3.8) is 0 Å². The summed E-state index contributed by atoms with van der Waals surface area (Å²) in [5, 5.41) is 2.77. The molecule has 0 heterocycles. The molecule has 3 aromatic rings. The summed E-state index contributed by atoms with van der Waals surface area (Å²) in [6.45, 7) is 0.764. The lowest BCUT2D eigenvalue weighted by Gasteiger charge is -2.18. The largest absolute Gasteiger partial charge is 0.466 e. The van der Waals surface area contributed by atoms with Crippen LogP contribution in [0.5, 0.6) is 0 Å². The molecular formula is C28H27NO5. The molecule has 0 fully saturated rings. The number of carbonyl (C=O) groups is 2. The summed E-state index contributed by atoms with van der Waals surface area (Å²) in [6, 6.07) is 25.5. The van der Waals surface area contributed by atoms with Gasteiger partial charge in [-0.05, 0) is 27.8 Å². The lowest BCUT2D eigenvalue weighted by molar-refractivity contribution is -0.134. The van der Waals surface area contributed by atoms with Gasteiger partial charge in [-0.2, -0.15) is 0 Å². The number of rotatable bonds is 9. The van der Waals surface area contributed by atoms with Crippen LogP contribution in [0.4, 0.5) is 4.79 Å². The summed E-state index contributed by atoms with van der Waals surface area (Å²) >= 11 is 0. The van der Waals surface area contributed by atoms with Gasteiger partial charge in [0.15, 0.2) is 0 Å². The van der Waals surface area contributed by atoms with E-state index in [-0.39, 0.29) is 19.1 Å². The average Bonchev–Trinajstić information content (AvgIpc) is 3.20. The Kier molecular flexibility index (Phi) is 7.73. The lowest BCUT2D eigenvalue weighted by Crippen LogP contribution is -2.38. The molecule has 3 aromatic carbocycles. The van der Waals surface area contributed by atoms with Crippen molar-refractivity contribution in [2.24, 2.45) is 0 Å². The topological polar surface area (TPSA) is 73.9 Å². The molecule has 0 saturated carbocycles. The fourth-order valence-corrected chi connectivity index (χ4v) is 4.08. The van der Waals surface area contributed by atoms with Crippen molar-refractivity contribution in [3.05, 3.63) is 108 Å². The standard InChI is InChI=1S/C28H27NO5/c1-32-27(30)16-15-21(18-33-17-20-9-3-2-4-10-20)29-28(31)34-19-26-24-13-7-5-11-22(24)23-12-6-8-14-25(23)26/h2-16,21,26H,17-19H2,1H3,(H,29,31)/b16-15+/t21-/m0/s1. The van der Waals surface area contributed by atoms with Crippen molar-refractivity contribution in [2.75, 3.05) is 20.3 Å². The number of carbonyl (C=O) groups excluding carboxylic acids is 2. The van der Waals surface area contributed by atoms with Gasteiger partial charge in [0.1, 0.15) is 6.61 Å². The molecule has 174 valence electrons. The fraction of sp³-hybridized carbons (Fsp3) is 0.214. The minimum Gasteiger partial charge on any atom is -0.466 e. The molecule has 0 bridgehead atoms.